The van der Waals surface area contributed by atoms with Gasteiger partial charge in [0.1, 0.15) is 0 Å². The summed E-state index contributed by atoms with van der Waals surface area (Å²) in [4.78, 5) is 7.03. The zero-order valence-electron chi connectivity index (χ0n) is 19.6. The van der Waals surface area contributed by atoms with E-state index in [-0.39, 0.29) is 0 Å². The molecule has 0 N–H and O–H groups in total. The van der Waals surface area contributed by atoms with Crippen molar-refractivity contribution in [2.45, 2.75) is 64.3 Å². The Labute approximate surface area is 188 Å². The minimum absolute atomic E-state index is 0.366. The van der Waals surface area contributed by atoms with E-state index in [9.17, 15) is 0 Å². The van der Waals surface area contributed by atoms with Crippen LogP contribution in [0.25, 0.3) is 16.5 Å². The molecule has 6 rings (SSSR count). The van der Waals surface area contributed by atoms with Crippen molar-refractivity contribution in [3.63, 3.8) is 0 Å². The number of nitrogens with zero attached hydrogens (tertiary/aromatic N) is 2. The van der Waals surface area contributed by atoms with E-state index in [4.69, 9.17) is 0 Å². The first kappa shape index (κ1) is 20.0. The highest BCUT2D eigenvalue weighted by Crippen LogP contribution is 2.64. The highest BCUT2D eigenvalue weighted by atomic mass is 15.1. The number of pyridine rings is 1. The Bertz CT molecular complexity index is 1010. The van der Waals surface area contributed by atoms with Gasteiger partial charge in [-0.1, -0.05) is 25.1 Å². The number of hydrogen-bond acceptors (Lipinski definition) is 2. The minimum atomic E-state index is 0.366. The van der Waals surface area contributed by atoms with Gasteiger partial charge < -0.3 is 4.90 Å². The molecule has 164 valence electrons. The van der Waals surface area contributed by atoms with Gasteiger partial charge in [-0.15, -0.1) is 0 Å². The largest absolute Gasteiger partial charge is 0.306 e. The molecule has 4 aliphatic carbocycles. The van der Waals surface area contributed by atoms with Gasteiger partial charge in [0.05, 0.1) is 5.52 Å². The maximum atomic E-state index is 4.53. The molecule has 0 saturated heterocycles. The van der Waals surface area contributed by atoms with Crippen LogP contribution in [0, 0.1) is 35.0 Å². The van der Waals surface area contributed by atoms with Gasteiger partial charge in [0, 0.05) is 17.6 Å². The number of aromatic nitrogens is 1. The van der Waals surface area contributed by atoms with Crippen LogP contribution in [0.15, 0.2) is 42.6 Å². The Balaban J connectivity index is 1.25. The predicted octanol–water partition coefficient (Wildman–Crippen LogP) is 6.81. The topological polar surface area (TPSA) is 16.1 Å². The van der Waals surface area contributed by atoms with Crippen LogP contribution in [0.5, 0.6) is 0 Å². The van der Waals surface area contributed by atoms with Crippen LogP contribution in [0.1, 0.15) is 63.9 Å². The molecule has 1 unspecified atom stereocenters. The highest BCUT2D eigenvalue weighted by molar-refractivity contribution is 5.85. The number of rotatable bonds is 2. The summed E-state index contributed by atoms with van der Waals surface area (Å²) in [6.07, 6.45) is 16.0. The van der Waals surface area contributed by atoms with Crippen molar-refractivity contribution in [3.05, 3.63) is 48.2 Å². The molecule has 3 fully saturated rings. The van der Waals surface area contributed by atoms with Crippen LogP contribution in [-0.2, 0) is 0 Å². The van der Waals surface area contributed by atoms with E-state index < -0.39 is 0 Å². The lowest BCUT2D eigenvalue weighted by Gasteiger charge is -2.56. The van der Waals surface area contributed by atoms with Gasteiger partial charge >= 0.3 is 0 Å². The van der Waals surface area contributed by atoms with E-state index in [1.165, 1.54) is 62.3 Å². The van der Waals surface area contributed by atoms with E-state index in [0.717, 1.165) is 41.1 Å². The summed E-state index contributed by atoms with van der Waals surface area (Å²) in [6.45, 7) is 2.61. The van der Waals surface area contributed by atoms with E-state index in [1.807, 2.05) is 6.20 Å². The molecule has 0 amide bonds. The average Bonchev–Trinajstić information content (AvgIpc) is 3.15. The standard InChI is InChI=1S/C29H38N2/c1-29-15-14-24-23-10-8-22(31(2)3)18-19(23)6-9-25(24)27(29)12-11-26(29)20-7-13-28-21(17-20)5-4-16-30-28/h4-5,7,11,13,16-17,19,22-25,27H,6,8-10,12,14-15,18H2,1-3H3/t19-,22-,23-,24+,25+,27-,29?/m0/s1. The van der Waals surface area contributed by atoms with Crippen LogP contribution in [0.4, 0.5) is 0 Å². The third-order valence-electron chi connectivity index (χ3n) is 10.2. The van der Waals surface area contributed by atoms with Gasteiger partial charge in [0.2, 0.25) is 0 Å². The first-order valence-corrected chi connectivity index (χ1v) is 12.8. The second-order valence-electron chi connectivity index (χ2n) is 11.6. The third kappa shape index (κ3) is 3.12. The van der Waals surface area contributed by atoms with Crippen molar-refractivity contribution in [2.75, 3.05) is 14.1 Å². The van der Waals surface area contributed by atoms with Crippen LogP contribution < -0.4 is 0 Å². The molecule has 0 spiro atoms. The van der Waals surface area contributed by atoms with E-state index in [0.29, 0.717) is 5.41 Å². The zero-order chi connectivity index (χ0) is 21.2. The van der Waals surface area contributed by atoms with Crippen molar-refractivity contribution in [1.82, 2.24) is 9.88 Å². The summed E-state index contributed by atoms with van der Waals surface area (Å²) < 4.78 is 0. The average molecular weight is 415 g/mol. The van der Waals surface area contributed by atoms with Crippen LogP contribution in [0.3, 0.4) is 0 Å². The van der Waals surface area contributed by atoms with Gasteiger partial charge in [-0.2, -0.15) is 0 Å². The molecule has 2 nitrogen and oxygen atoms in total. The number of fused-ring (bicyclic) bond motifs is 6. The molecule has 1 aromatic heterocycles. The van der Waals surface area contributed by atoms with Gasteiger partial charge in [-0.05, 0) is 130 Å². The van der Waals surface area contributed by atoms with E-state index in [1.54, 1.807) is 5.57 Å². The molecule has 0 bridgehead atoms. The minimum Gasteiger partial charge on any atom is -0.306 e. The Morgan fingerprint density at radius 2 is 1.84 bits per heavy atom. The number of allylic oxidation sites excluding steroid dienone is 2. The van der Waals surface area contributed by atoms with Crippen molar-refractivity contribution < 1.29 is 0 Å². The molecule has 0 radical (unpaired) electrons. The molecule has 0 aliphatic heterocycles. The molecule has 3 saturated carbocycles. The van der Waals surface area contributed by atoms with Crippen LogP contribution in [0.2, 0.25) is 0 Å². The molecular weight excluding hydrogens is 376 g/mol. The normalized spacial score (nSPS) is 39.7. The number of hydrogen-bond donors (Lipinski definition) is 0. The second kappa shape index (κ2) is 7.44. The first-order valence-electron chi connectivity index (χ1n) is 12.8. The summed E-state index contributed by atoms with van der Waals surface area (Å²) in [5, 5.41) is 1.28. The smallest absolute Gasteiger partial charge is 0.0702 e. The van der Waals surface area contributed by atoms with Gasteiger partial charge in [0.15, 0.2) is 0 Å². The summed E-state index contributed by atoms with van der Waals surface area (Å²) >= 11 is 0. The van der Waals surface area contributed by atoms with Crippen LogP contribution >= 0.6 is 0 Å². The van der Waals surface area contributed by atoms with E-state index in [2.05, 4.69) is 67.3 Å². The van der Waals surface area contributed by atoms with Gasteiger partial charge in [-0.3, -0.25) is 4.98 Å². The lowest BCUT2D eigenvalue weighted by molar-refractivity contribution is -0.0482. The monoisotopic (exact) mass is 414 g/mol. The summed E-state index contributed by atoms with van der Waals surface area (Å²) in [6, 6.07) is 12.1. The van der Waals surface area contributed by atoms with Gasteiger partial charge in [0.25, 0.3) is 0 Å². The third-order valence-corrected chi connectivity index (χ3v) is 10.2. The molecule has 7 atom stereocenters. The lowest BCUT2D eigenvalue weighted by atomic mass is 9.49. The van der Waals surface area contributed by atoms with Crippen molar-refractivity contribution >= 4 is 16.5 Å². The summed E-state index contributed by atoms with van der Waals surface area (Å²) in [5.74, 6) is 4.81. The molecule has 4 aliphatic rings. The van der Waals surface area contributed by atoms with Crippen molar-refractivity contribution in [1.29, 1.82) is 0 Å². The van der Waals surface area contributed by atoms with Gasteiger partial charge in [-0.25, -0.2) is 0 Å². The summed E-state index contributed by atoms with van der Waals surface area (Å²) in [5.41, 5.74) is 4.57. The Kier molecular flexibility index (Phi) is 4.79. The first-order chi connectivity index (χ1) is 15.0. The molecule has 2 heteroatoms. The Morgan fingerprint density at radius 1 is 0.968 bits per heavy atom. The maximum absolute atomic E-state index is 4.53. The number of benzene rings is 1. The fourth-order valence-electron chi connectivity index (χ4n) is 8.56. The molecule has 1 aromatic carbocycles. The quantitative estimate of drug-likeness (QED) is 0.536. The SMILES string of the molecule is CN(C)[C@H]1CC[C@H]2[C@@H](CC[C@@H]3[C@@H]2CCC2(C)C(c4ccc5ncccc5c4)=CC[C@@H]32)C1. The molecule has 31 heavy (non-hydrogen) atoms. The fraction of sp³-hybridized carbons (Fsp3) is 0.621. The lowest BCUT2D eigenvalue weighted by Crippen LogP contribution is -2.49. The predicted molar refractivity (Wildman–Crippen MR) is 130 cm³/mol. The van der Waals surface area contributed by atoms with Crippen molar-refractivity contribution in [2.24, 2.45) is 35.0 Å². The fourth-order valence-corrected chi connectivity index (χ4v) is 8.56. The maximum Gasteiger partial charge on any atom is 0.0702 e. The molecule has 2 aromatic rings. The molecule has 1 heterocycles. The highest BCUT2D eigenvalue weighted by Gasteiger charge is 2.54. The molecular formula is C29H38N2. The van der Waals surface area contributed by atoms with Crippen molar-refractivity contribution in [3.8, 4) is 0 Å². The Morgan fingerprint density at radius 3 is 2.71 bits per heavy atom. The van der Waals surface area contributed by atoms with E-state index >= 15 is 0 Å². The van der Waals surface area contributed by atoms with Crippen LogP contribution in [-0.4, -0.2) is 30.0 Å². The summed E-state index contributed by atoms with van der Waals surface area (Å²) in [7, 11) is 4.58. The second-order valence-corrected chi connectivity index (χ2v) is 11.6. The Hall–Kier alpha value is -1.67. The zero-order valence-corrected chi connectivity index (χ0v) is 19.6.